The number of anilines is 1. The van der Waals surface area contributed by atoms with Gasteiger partial charge in [-0.2, -0.15) is 0 Å². The second-order valence-electron chi connectivity index (χ2n) is 3.86. The third-order valence-electron chi connectivity index (χ3n) is 2.83. The summed E-state index contributed by atoms with van der Waals surface area (Å²) in [5, 5.41) is 0. The molecule has 1 aromatic carbocycles. The molecule has 1 aliphatic rings. The van der Waals surface area contributed by atoms with Gasteiger partial charge >= 0.3 is 5.97 Å². The third kappa shape index (κ3) is 1.82. The summed E-state index contributed by atoms with van der Waals surface area (Å²) < 4.78 is 4.76. The highest BCUT2D eigenvalue weighted by Gasteiger charge is 2.34. The molecule has 1 atom stereocenters. The van der Waals surface area contributed by atoms with Gasteiger partial charge in [-0.15, -0.1) is 0 Å². The average molecular weight is 205 g/mol. The third-order valence-corrected chi connectivity index (χ3v) is 2.83. The number of carbonyl (C=O) groups is 1. The fourth-order valence-electron chi connectivity index (χ4n) is 1.88. The van der Waals surface area contributed by atoms with Crippen LogP contribution >= 0.6 is 0 Å². The lowest BCUT2D eigenvalue weighted by atomic mass is 10.0. The zero-order valence-electron chi connectivity index (χ0n) is 9.06. The predicted molar refractivity (Wildman–Crippen MR) is 58.9 cm³/mol. The number of ether oxygens (including phenoxy) is 1. The number of nitrogens with zero attached hydrogens (tertiary/aromatic N) is 1. The van der Waals surface area contributed by atoms with Crippen LogP contribution in [-0.4, -0.2) is 25.7 Å². The molecule has 0 bridgehead atoms. The van der Waals surface area contributed by atoms with Gasteiger partial charge in [0.25, 0.3) is 0 Å². The Labute approximate surface area is 89.7 Å². The number of hydrogen-bond donors (Lipinski definition) is 0. The Morgan fingerprint density at radius 3 is 2.87 bits per heavy atom. The molecule has 0 aliphatic carbocycles. The molecule has 1 aromatic rings. The average Bonchev–Trinajstić information content (AvgIpc) is 2.16. The topological polar surface area (TPSA) is 29.5 Å². The number of carbonyl (C=O) groups excluding carboxylic acids is 1. The monoisotopic (exact) mass is 205 g/mol. The molecule has 0 N–H and O–H groups in total. The second-order valence-corrected chi connectivity index (χ2v) is 3.86. The van der Waals surface area contributed by atoms with Gasteiger partial charge in [0.15, 0.2) is 0 Å². The van der Waals surface area contributed by atoms with Crippen LogP contribution in [0.15, 0.2) is 24.3 Å². The molecule has 1 aliphatic heterocycles. The number of benzene rings is 1. The number of aryl methyl sites for hydroxylation is 1. The lowest BCUT2D eigenvalue weighted by Gasteiger charge is -2.40. The van der Waals surface area contributed by atoms with Crippen molar-refractivity contribution in [1.82, 2.24) is 0 Å². The van der Waals surface area contributed by atoms with Crippen molar-refractivity contribution in [2.45, 2.75) is 19.4 Å². The first kappa shape index (κ1) is 10.0. The van der Waals surface area contributed by atoms with Crippen molar-refractivity contribution in [2.75, 3.05) is 18.6 Å². The molecule has 0 aromatic heterocycles. The Hall–Kier alpha value is -1.51. The largest absolute Gasteiger partial charge is 0.467 e. The molecule has 15 heavy (non-hydrogen) atoms. The minimum absolute atomic E-state index is 0.0863. The highest BCUT2D eigenvalue weighted by atomic mass is 16.5. The van der Waals surface area contributed by atoms with Crippen molar-refractivity contribution in [3.05, 3.63) is 29.8 Å². The molecule has 1 saturated heterocycles. The summed E-state index contributed by atoms with van der Waals surface area (Å²) in [6.07, 6.45) is 0.889. The zero-order valence-corrected chi connectivity index (χ0v) is 9.06. The first-order valence-corrected chi connectivity index (χ1v) is 5.13. The Morgan fingerprint density at radius 1 is 1.53 bits per heavy atom. The Balaban J connectivity index is 2.15. The van der Waals surface area contributed by atoms with Crippen LogP contribution in [0.1, 0.15) is 12.0 Å². The first-order valence-electron chi connectivity index (χ1n) is 5.13. The zero-order chi connectivity index (χ0) is 10.8. The van der Waals surface area contributed by atoms with Crippen LogP contribution in [-0.2, 0) is 9.53 Å². The van der Waals surface area contributed by atoms with Gasteiger partial charge in [0.1, 0.15) is 6.04 Å². The van der Waals surface area contributed by atoms with Gasteiger partial charge < -0.3 is 9.64 Å². The van der Waals surface area contributed by atoms with Gasteiger partial charge in [0.05, 0.1) is 7.11 Å². The van der Waals surface area contributed by atoms with E-state index in [1.54, 1.807) is 0 Å². The predicted octanol–water partition coefficient (Wildman–Crippen LogP) is 1.75. The van der Waals surface area contributed by atoms with E-state index in [-0.39, 0.29) is 12.0 Å². The lowest BCUT2D eigenvalue weighted by molar-refractivity contribution is -0.143. The molecule has 2 rings (SSSR count). The van der Waals surface area contributed by atoms with E-state index in [9.17, 15) is 4.79 Å². The molecular weight excluding hydrogens is 190 g/mol. The standard InChI is InChI=1S/C12H15NO2/c1-9-4-3-5-10(8-9)13-7-6-11(13)12(14)15-2/h3-5,8,11H,6-7H2,1-2H3. The SMILES string of the molecule is COC(=O)C1CCN1c1cccc(C)c1. The highest BCUT2D eigenvalue weighted by molar-refractivity contribution is 5.82. The van der Waals surface area contributed by atoms with E-state index in [0.29, 0.717) is 0 Å². The van der Waals surface area contributed by atoms with E-state index in [0.717, 1.165) is 18.7 Å². The smallest absolute Gasteiger partial charge is 0.328 e. The van der Waals surface area contributed by atoms with Crippen LogP contribution < -0.4 is 4.90 Å². The molecule has 0 amide bonds. The van der Waals surface area contributed by atoms with Gasteiger partial charge in [-0.1, -0.05) is 12.1 Å². The van der Waals surface area contributed by atoms with E-state index >= 15 is 0 Å². The minimum Gasteiger partial charge on any atom is -0.467 e. The Bertz CT molecular complexity index is 376. The summed E-state index contributed by atoms with van der Waals surface area (Å²) in [6, 6.07) is 8.10. The normalized spacial score (nSPS) is 19.6. The van der Waals surface area contributed by atoms with E-state index in [4.69, 9.17) is 4.74 Å². The van der Waals surface area contributed by atoms with Crippen LogP contribution in [0, 0.1) is 6.92 Å². The maximum atomic E-state index is 11.4. The van der Waals surface area contributed by atoms with Crippen LogP contribution in [0.25, 0.3) is 0 Å². The van der Waals surface area contributed by atoms with Crippen LogP contribution in [0.2, 0.25) is 0 Å². The molecule has 0 spiro atoms. The summed E-state index contributed by atoms with van der Waals surface area (Å²) in [5.41, 5.74) is 2.32. The van der Waals surface area contributed by atoms with Crippen molar-refractivity contribution in [1.29, 1.82) is 0 Å². The molecule has 0 saturated carbocycles. The number of rotatable bonds is 2. The highest BCUT2D eigenvalue weighted by Crippen LogP contribution is 2.27. The Kier molecular flexibility index (Phi) is 2.62. The molecule has 1 fully saturated rings. The van der Waals surface area contributed by atoms with Crippen molar-refractivity contribution in [3.63, 3.8) is 0 Å². The minimum atomic E-state index is -0.136. The van der Waals surface area contributed by atoms with E-state index in [1.807, 2.05) is 12.1 Å². The molecule has 1 unspecified atom stereocenters. The van der Waals surface area contributed by atoms with Crippen LogP contribution in [0.4, 0.5) is 5.69 Å². The summed E-state index contributed by atoms with van der Waals surface area (Å²) >= 11 is 0. The molecule has 3 nitrogen and oxygen atoms in total. The second kappa shape index (κ2) is 3.93. The summed E-state index contributed by atoms with van der Waals surface area (Å²) in [6.45, 7) is 2.99. The van der Waals surface area contributed by atoms with Crippen molar-refractivity contribution in [2.24, 2.45) is 0 Å². The quantitative estimate of drug-likeness (QED) is 0.689. The maximum absolute atomic E-state index is 11.4. The Morgan fingerprint density at radius 2 is 2.33 bits per heavy atom. The van der Waals surface area contributed by atoms with E-state index in [2.05, 4.69) is 24.0 Å². The summed E-state index contributed by atoms with van der Waals surface area (Å²) in [5.74, 6) is -0.136. The van der Waals surface area contributed by atoms with Gasteiger partial charge in [-0.3, -0.25) is 0 Å². The van der Waals surface area contributed by atoms with Gasteiger partial charge in [-0.25, -0.2) is 4.79 Å². The van der Waals surface area contributed by atoms with Crippen molar-refractivity contribution < 1.29 is 9.53 Å². The number of hydrogen-bond acceptors (Lipinski definition) is 3. The fraction of sp³-hybridized carbons (Fsp3) is 0.417. The lowest BCUT2D eigenvalue weighted by Crippen LogP contribution is -2.53. The van der Waals surface area contributed by atoms with Crippen LogP contribution in [0.3, 0.4) is 0 Å². The van der Waals surface area contributed by atoms with Gasteiger partial charge in [-0.05, 0) is 31.0 Å². The first-order chi connectivity index (χ1) is 7.22. The molecule has 0 radical (unpaired) electrons. The van der Waals surface area contributed by atoms with Crippen LogP contribution in [0.5, 0.6) is 0 Å². The summed E-state index contributed by atoms with van der Waals surface area (Å²) in [4.78, 5) is 13.5. The molecular formula is C12H15NO2. The van der Waals surface area contributed by atoms with Gasteiger partial charge in [0, 0.05) is 12.2 Å². The number of methoxy groups -OCH3 is 1. The van der Waals surface area contributed by atoms with E-state index in [1.165, 1.54) is 12.7 Å². The number of esters is 1. The fourth-order valence-corrected chi connectivity index (χ4v) is 1.88. The van der Waals surface area contributed by atoms with E-state index < -0.39 is 0 Å². The molecule has 80 valence electrons. The maximum Gasteiger partial charge on any atom is 0.328 e. The van der Waals surface area contributed by atoms with Crippen molar-refractivity contribution in [3.8, 4) is 0 Å². The van der Waals surface area contributed by atoms with Crippen molar-refractivity contribution >= 4 is 11.7 Å². The molecule has 3 heteroatoms. The molecule has 1 heterocycles. The van der Waals surface area contributed by atoms with Gasteiger partial charge in [0.2, 0.25) is 0 Å². The summed E-state index contributed by atoms with van der Waals surface area (Å²) in [7, 11) is 1.44.